The van der Waals surface area contributed by atoms with Gasteiger partial charge < -0.3 is 113 Å². The molecule has 9 fully saturated rings. The molecule has 29 heteroatoms. The van der Waals surface area contributed by atoms with Gasteiger partial charge in [-0.05, 0) is 107 Å². The number of hydrogen-bond acceptors (Lipinski definition) is 27. The molecule has 470 valence electrons. The molecule has 3 saturated carbocycles. The predicted molar refractivity (Wildman–Crippen MR) is 271 cm³/mol. The smallest absolute Gasteiger partial charge is 0.726 e. The van der Waals surface area contributed by atoms with Crippen molar-refractivity contribution < 1.29 is 160 Å². The van der Waals surface area contributed by atoms with Gasteiger partial charge in [-0.25, -0.2) is 8.42 Å². The van der Waals surface area contributed by atoms with Crippen LogP contribution in [0.15, 0.2) is 11.6 Å². The van der Waals surface area contributed by atoms with Gasteiger partial charge in [0.05, 0.1) is 43.7 Å². The van der Waals surface area contributed by atoms with Gasteiger partial charge in [0.1, 0.15) is 103 Å². The van der Waals surface area contributed by atoms with Crippen molar-refractivity contribution in [3.05, 3.63) is 11.6 Å². The number of aliphatic hydroxyl groups excluding tert-OH is 10. The normalized spacial score (nSPS) is 53.0. The van der Waals surface area contributed by atoms with Crippen molar-refractivity contribution in [3.8, 4) is 0 Å². The molecule has 6 saturated heterocycles. The summed E-state index contributed by atoms with van der Waals surface area (Å²) in [5.41, 5.74) is -6.53. The number of esters is 1. The summed E-state index contributed by atoms with van der Waals surface area (Å²) in [6.07, 6.45) is -29.4. The van der Waals surface area contributed by atoms with Crippen molar-refractivity contribution in [1.29, 1.82) is 0 Å². The van der Waals surface area contributed by atoms with Crippen LogP contribution < -0.4 is 29.6 Å². The summed E-state index contributed by atoms with van der Waals surface area (Å²) in [5.74, 6) is -0.989. The van der Waals surface area contributed by atoms with Crippen LogP contribution in [0, 0.1) is 33.5 Å². The van der Waals surface area contributed by atoms with Crippen molar-refractivity contribution in [1.82, 2.24) is 0 Å². The molecule has 1 unspecified atom stereocenters. The number of fused-ring (bicyclic) bond motifs is 4. The van der Waals surface area contributed by atoms with Gasteiger partial charge in [-0.2, -0.15) is 0 Å². The van der Waals surface area contributed by atoms with E-state index in [1.165, 1.54) is 14.0 Å². The van der Waals surface area contributed by atoms with E-state index in [1.807, 2.05) is 34.6 Å². The number of carbonyl (C=O) groups is 1. The Bertz CT molecular complexity index is 2490. The third-order valence-corrected chi connectivity index (χ3v) is 21.8. The Morgan fingerprint density at radius 1 is 0.675 bits per heavy atom. The molecule has 0 aromatic heterocycles. The van der Waals surface area contributed by atoms with Gasteiger partial charge in [-0.15, -0.1) is 0 Å². The van der Waals surface area contributed by atoms with Crippen molar-refractivity contribution >= 4 is 16.4 Å². The van der Waals surface area contributed by atoms with E-state index in [0.717, 1.165) is 5.57 Å². The first-order valence-corrected chi connectivity index (χ1v) is 29.9. The molecule has 83 heavy (non-hydrogen) atoms. The average molecular weight is 1220 g/mol. The molecular weight excluding hydrogens is 1140 g/mol. The van der Waals surface area contributed by atoms with Gasteiger partial charge in [0.15, 0.2) is 30.8 Å². The van der Waals surface area contributed by atoms with E-state index in [9.17, 15) is 73.9 Å². The Kier molecular flexibility index (Phi) is 18.9. The van der Waals surface area contributed by atoms with Gasteiger partial charge in [0.25, 0.3) is 0 Å². The molecule has 0 aromatic rings. The van der Waals surface area contributed by atoms with Gasteiger partial charge in [-0.1, -0.05) is 39.3 Å². The minimum Gasteiger partial charge on any atom is -0.726 e. The molecule has 6 aliphatic heterocycles. The number of carbonyl (C=O) groups excluding carboxylic acids is 1. The molecule has 27 nitrogen and oxygen atoms in total. The molecule has 6 heterocycles. The van der Waals surface area contributed by atoms with Crippen LogP contribution >= 0.6 is 0 Å². The molecule has 0 radical (unpaired) electrons. The first kappa shape index (κ1) is 66.7. The summed E-state index contributed by atoms with van der Waals surface area (Å²) in [6, 6.07) is 0. The number of hydrogen-bond donors (Lipinski definition) is 11. The molecule has 0 bridgehead atoms. The molecule has 4 aliphatic carbocycles. The van der Waals surface area contributed by atoms with Gasteiger partial charge in [0.2, 0.25) is 10.4 Å². The third kappa shape index (κ3) is 10.5. The van der Waals surface area contributed by atoms with E-state index in [0.29, 0.717) is 44.9 Å². The Morgan fingerprint density at radius 2 is 1.27 bits per heavy atom. The summed E-state index contributed by atoms with van der Waals surface area (Å²) in [4.78, 5) is 14.7. The second-order valence-corrected chi connectivity index (χ2v) is 27.5. The third-order valence-electron chi connectivity index (χ3n) is 21.4. The zero-order valence-electron chi connectivity index (χ0n) is 48.6. The second-order valence-electron chi connectivity index (χ2n) is 26.5. The van der Waals surface area contributed by atoms with Crippen LogP contribution in [0.4, 0.5) is 0 Å². The first-order chi connectivity index (χ1) is 38.2. The molecule has 0 aromatic carbocycles. The number of ether oxygens (including phenoxy) is 11. The predicted octanol–water partition coefficient (Wildman–Crippen LogP) is -5.60. The molecule has 29 atom stereocenters. The summed E-state index contributed by atoms with van der Waals surface area (Å²) in [5, 5.41) is 125. The van der Waals surface area contributed by atoms with E-state index in [1.54, 1.807) is 13.0 Å². The van der Waals surface area contributed by atoms with Crippen molar-refractivity contribution in [3.63, 3.8) is 0 Å². The summed E-state index contributed by atoms with van der Waals surface area (Å²) in [7, 11) is -4.27. The Labute approximate surface area is 504 Å². The van der Waals surface area contributed by atoms with Gasteiger partial charge in [-0.3, -0.25) is 8.98 Å². The number of cyclic esters (lactones) is 1. The Balaban J connectivity index is 0.00000828. The maximum absolute atomic E-state index is 14.7. The Morgan fingerprint density at radius 3 is 1.86 bits per heavy atom. The fourth-order valence-electron chi connectivity index (χ4n) is 17.0. The largest absolute Gasteiger partial charge is 1.00 e. The quantitative estimate of drug-likeness (QED) is 0.0193. The van der Waals surface area contributed by atoms with E-state index >= 15 is 0 Å². The van der Waals surface area contributed by atoms with E-state index in [2.05, 4.69) is 11.1 Å². The topological polar surface area (TPSA) is 408 Å². The zero-order chi connectivity index (χ0) is 60.0. The van der Waals surface area contributed by atoms with Crippen molar-refractivity contribution in [2.24, 2.45) is 33.5 Å². The standard InChI is InChI=1S/C54H86O27S.Na/c1-22-39(76-45-38(64)41(33(59)26(20-56)74-45)77-44-37(63)40(70-9)32(58)25(19-55)73-44)35(61)36(62)43(72-22)78-42-34(60)27(81-82(67,68)69)21-71-46(42)75-30-13-15-50(6)24-18-29(57)54-47(65)80-52(8,31-12-14-48(2,3)79-31)53(54,66)17-16-51(54,7)23(24)10-11-28(50)49(30,4)5;/h18,22-23,25-46,55-64,66H,10-17,19-21H2,1-9H3,(H,67,68,69);/q;+1/p-1/t22-,23-,25-,26-,27-,28+,29+,30+,31?,32-,33-,34+,35-,36-,37-,38-,39-,40+,41+,42-,43+,44+,45+,46+,50-,51+,52+,53+,54+;/m1./s1. The molecule has 10 rings (SSSR count). The summed E-state index contributed by atoms with van der Waals surface area (Å²) in [6.45, 7) is 13.0. The fraction of sp³-hybridized carbons (Fsp3) is 0.944. The second kappa shape index (κ2) is 23.5. The minimum absolute atomic E-state index is 0. The van der Waals surface area contributed by atoms with Crippen LogP contribution in [-0.2, 0) is 71.5 Å². The number of allylic oxidation sites excluding steroid dienone is 1. The van der Waals surface area contributed by atoms with E-state index in [-0.39, 0.29) is 47.8 Å². The SMILES string of the molecule is CO[C@@H]1[C@@H](O)[C@H](O[C@@H]2[C@@H](O)[C@H](O[C@H]3[C@H](O)[C@@H](O)[C@H](O[C@H]4[C@H](O[C@H]5CC[C@]6(C)C7=C[C@H](O)[C@@]89C(=O)O[C@@](C)(C%10CCC(C)(C)O%10)[C@@]8(O)CC[C@@]9(C)[C@@H]7CC[C@H]6C5(C)C)OC[C@@H](OS(=O)(=O)[O-])[C@@H]4O)O[C@@H]3C)O[C@H](CO)[C@H]2O)O[C@H](CO)[C@H]1O.[Na+]. The van der Waals surface area contributed by atoms with Crippen molar-refractivity contribution in [2.75, 3.05) is 26.9 Å². The number of rotatable bonds is 14. The number of aliphatic hydroxyl groups is 11. The maximum atomic E-state index is 14.7. The van der Waals surface area contributed by atoms with Gasteiger partial charge >= 0.3 is 35.5 Å². The van der Waals surface area contributed by atoms with Crippen LogP contribution in [0.1, 0.15) is 107 Å². The molecule has 11 N–H and O–H groups in total. The zero-order valence-corrected chi connectivity index (χ0v) is 51.4. The fourth-order valence-corrected chi connectivity index (χ4v) is 17.4. The molecule has 1 spiro atoms. The van der Waals surface area contributed by atoms with Crippen LogP contribution in [0.5, 0.6) is 0 Å². The molecule has 0 amide bonds. The summed E-state index contributed by atoms with van der Waals surface area (Å²) < 4.78 is 106. The average Bonchev–Trinajstić information content (AvgIpc) is 1.51. The van der Waals surface area contributed by atoms with Crippen LogP contribution in [0.2, 0.25) is 0 Å². The maximum Gasteiger partial charge on any atom is 1.00 e. The molecule has 10 aliphatic rings. The van der Waals surface area contributed by atoms with Gasteiger partial charge in [0, 0.05) is 7.11 Å². The Hall–Kier alpha value is -0.760. The van der Waals surface area contributed by atoms with Crippen LogP contribution in [-0.4, -0.2) is 254 Å². The number of methoxy groups -OCH3 is 1. The van der Waals surface area contributed by atoms with Crippen molar-refractivity contribution in [2.45, 2.75) is 259 Å². The summed E-state index contributed by atoms with van der Waals surface area (Å²) >= 11 is 0. The molecular formula is C54H85NaO27S. The van der Waals surface area contributed by atoms with E-state index < -0.39 is 210 Å². The first-order valence-electron chi connectivity index (χ1n) is 28.6. The van der Waals surface area contributed by atoms with Crippen LogP contribution in [0.3, 0.4) is 0 Å². The van der Waals surface area contributed by atoms with Crippen LogP contribution in [0.25, 0.3) is 0 Å². The minimum atomic E-state index is -5.44. The monoisotopic (exact) mass is 1220 g/mol. The van der Waals surface area contributed by atoms with E-state index in [4.69, 9.17) is 52.1 Å².